The SMILES string of the molecule is CCOC(=O)C1=C(CN2CCCc3ccccc32)NC(=O)NC1. The summed E-state index contributed by atoms with van der Waals surface area (Å²) in [6.45, 7) is 3.69. The molecule has 0 saturated heterocycles. The van der Waals surface area contributed by atoms with Crippen LogP contribution >= 0.6 is 0 Å². The van der Waals surface area contributed by atoms with Crippen LogP contribution in [0.2, 0.25) is 0 Å². The number of esters is 1. The predicted molar refractivity (Wildman–Crippen MR) is 87.2 cm³/mol. The maximum atomic E-state index is 12.1. The molecule has 0 saturated carbocycles. The highest BCUT2D eigenvalue weighted by Gasteiger charge is 2.26. The third kappa shape index (κ3) is 3.31. The zero-order valence-electron chi connectivity index (χ0n) is 13.2. The number of rotatable bonds is 4. The molecule has 0 radical (unpaired) electrons. The quantitative estimate of drug-likeness (QED) is 0.828. The van der Waals surface area contributed by atoms with Crippen molar-refractivity contribution in [2.45, 2.75) is 19.8 Å². The van der Waals surface area contributed by atoms with E-state index < -0.39 is 0 Å². The number of urea groups is 1. The van der Waals surface area contributed by atoms with Crippen molar-refractivity contribution in [3.63, 3.8) is 0 Å². The number of aryl methyl sites for hydroxylation is 1. The lowest BCUT2D eigenvalue weighted by Gasteiger charge is -2.33. The third-order valence-electron chi connectivity index (χ3n) is 4.13. The minimum Gasteiger partial charge on any atom is -0.463 e. The van der Waals surface area contributed by atoms with Gasteiger partial charge in [0.25, 0.3) is 0 Å². The lowest BCUT2D eigenvalue weighted by atomic mass is 10.0. The number of nitrogens with zero attached hydrogens (tertiary/aromatic N) is 1. The number of carbonyl (C=O) groups is 2. The van der Waals surface area contributed by atoms with Crippen molar-refractivity contribution >= 4 is 17.7 Å². The average molecular weight is 315 g/mol. The van der Waals surface area contributed by atoms with Gasteiger partial charge in [-0.25, -0.2) is 9.59 Å². The highest BCUT2D eigenvalue weighted by Crippen LogP contribution is 2.27. The van der Waals surface area contributed by atoms with Crippen molar-refractivity contribution in [3.8, 4) is 0 Å². The van der Waals surface area contributed by atoms with Crippen LogP contribution in [-0.4, -0.2) is 38.2 Å². The second-order valence-corrected chi connectivity index (χ2v) is 5.64. The monoisotopic (exact) mass is 315 g/mol. The van der Waals surface area contributed by atoms with E-state index in [4.69, 9.17) is 4.74 Å². The number of ether oxygens (including phenoxy) is 1. The molecule has 6 nitrogen and oxygen atoms in total. The third-order valence-corrected chi connectivity index (χ3v) is 4.13. The van der Waals surface area contributed by atoms with Crippen LogP contribution in [-0.2, 0) is 16.0 Å². The number of nitrogens with one attached hydrogen (secondary N) is 2. The van der Waals surface area contributed by atoms with Crippen LogP contribution in [0.4, 0.5) is 10.5 Å². The van der Waals surface area contributed by atoms with Crippen molar-refractivity contribution in [2.24, 2.45) is 0 Å². The van der Waals surface area contributed by atoms with Gasteiger partial charge in [-0.05, 0) is 31.4 Å². The minimum absolute atomic E-state index is 0.204. The van der Waals surface area contributed by atoms with Crippen molar-refractivity contribution in [3.05, 3.63) is 41.1 Å². The summed E-state index contributed by atoms with van der Waals surface area (Å²) in [7, 11) is 0. The lowest BCUT2D eigenvalue weighted by molar-refractivity contribution is -0.138. The number of fused-ring (bicyclic) bond motifs is 1. The molecule has 2 amide bonds. The van der Waals surface area contributed by atoms with Gasteiger partial charge in [0.05, 0.1) is 31.0 Å². The minimum atomic E-state index is -0.375. The van der Waals surface area contributed by atoms with Crippen molar-refractivity contribution < 1.29 is 14.3 Å². The van der Waals surface area contributed by atoms with Gasteiger partial charge < -0.3 is 20.3 Å². The van der Waals surface area contributed by atoms with Gasteiger partial charge in [0.15, 0.2) is 0 Å². The van der Waals surface area contributed by atoms with Crippen LogP contribution in [0.5, 0.6) is 0 Å². The molecule has 0 spiro atoms. The Labute approximate surface area is 135 Å². The summed E-state index contributed by atoms with van der Waals surface area (Å²) in [5.74, 6) is -0.375. The molecular formula is C17H21N3O3. The molecule has 1 aromatic carbocycles. The second-order valence-electron chi connectivity index (χ2n) is 5.64. The molecule has 0 aromatic heterocycles. The smallest absolute Gasteiger partial charge is 0.337 e. The molecule has 0 atom stereocenters. The Bertz CT molecular complexity index is 654. The van der Waals surface area contributed by atoms with Crippen molar-refractivity contribution in [1.29, 1.82) is 0 Å². The molecule has 2 heterocycles. The molecule has 2 N–H and O–H groups in total. The Morgan fingerprint density at radius 2 is 2.17 bits per heavy atom. The number of benzene rings is 1. The number of hydrogen-bond donors (Lipinski definition) is 2. The lowest BCUT2D eigenvalue weighted by Crippen LogP contribution is -2.47. The first kappa shape index (κ1) is 15.4. The van der Waals surface area contributed by atoms with Gasteiger partial charge in [-0.3, -0.25) is 0 Å². The van der Waals surface area contributed by atoms with Crippen LogP contribution in [0.3, 0.4) is 0 Å². The number of anilines is 1. The Hall–Kier alpha value is -2.50. The molecular weight excluding hydrogens is 294 g/mol. The molecule has 0 fully saturated rings. The summed E-state index contributed by atoms with van der Waals surface area (Å²) in [4.78, 5) is 26.0. The fourth-order valence-electron chi connectivity index (χ4n) is 3.05. The first-order valence-corrected chi connectivity index (χ1v) is 7.96. The van der Waals surface area contributed by atoms with E-state index in [1.807, 2.05) is 12.1 Å². The number of para-hydroxylation sites is 1. The van der Waals surface area contributed by atoms with Crippen molar-refractivity contribution in [1.82, 2.24) is 10.6 Å². The molecule has 0 unspecified atom stereocenters. The van der Waals surface area contributed by atoms with Gasteiger partial charge >= 0.3 is 12.0 Å². The predicted octanol–water partition coefficient (Wildman–Crippen LogP) is 1.57. The number of hydrogen-bond acceptors (Lipinski definition) is 4. The molecule has 1 aromatic rings. The largest absolute Gasteiger partial charge is 0.463 e. The summed E-state index contributed by atoms with van der Waals surface area (Å²) in [5.41, 5.74) is 3.60. The normalized spacial score (nSPS) is 17.3. The van der Waals surface area contributed by atoms with E-state index in [9.17, 15) is 9.59 Å². The topological polar surface area (TPSA) is 70.7 Å². The van der Waals surface area contributed by atoms with E-state index in [-0.39, 0.29) is 18.5 Å². The first-order valence-electron chi connectivity index (χ1n) is 7.96. The molecule has 3 rings (SSSR count). The molecule has 2 aliphatic heterocycles. The van der Waals surface area contributed by atoms with E-state index in [2.05, 4.69) is 27.7 Å². The fraction of sp³-hybridized carbons (Fsp3) is 0.412. The fourth-order valence-corrected chi connectivity index (χ4v) is 3.05. The molecule has 2 aliphatic rings. The standard InChI is InChI=1S/C17H21N3O3/c1-2-23-16(21)13-10-18-17(22)19-14(13)11-20-9-5-7-12-6-3-4-8-15(12)20/h3-4,6,8H,2,5,7,9-11H2,1H3,(H2,18,19,22). The highest BCUT2D eigenvalue weighted by molar-refractivity contribution is 5.93. The van der Waals surface area contributed by atoms with E-state index in [1.165, 1.54) is 11.3 Å². The van der Waals surface area contributed by atoms with Crippen LogP contribution in [0, 0.1) is 0 Å². The van der Waals surface area contributed by atoms with Gasteiger partial charge in [0.2, 0.25) is 0 Å². The maximum Gasteiger partial charge on any atom is 0.337 e. The summed E-state index contributed by atoms with van der Waals surface area (Å²) in [6, 6.07) is 7.99. The summed E-state index contributed by atoms with van der Waals surface area (Å²) in [5, 5.41) is 5.40. The van der Waals surface area contributed by atoms with Gasteiger partial charge in [-0.15, -0.1) is 0 Å². The van der Waals surface area contributed by atoms with Gasteiger partial charge in [-0.2, -0.15) is 0 Å². The zero-order chi connectivity index (χ0) is 16.2. The van der Waals surface area contributed by atoms with Gasteiger partial charge in [0, 0.05) is 12.2 Å². The summed E-state index contributed by atoms with van der Waals surface area (Å²) >= 11 is 0. The van der Waals surface area contributed by atoms with E-state index in [1.54, 1.807) is 6.92 Å². The number of amides is 2. The highest BCUT2D eigenvalue weighted by atomic mass is 16.5. The Morgan fingerprint density at radius 1 is 1.35 bits per heavy atom. The van der Waals surface area contributed by atoms with Crippen LogP contribution < -0.4 is 15.5 Å². The Kier molecular flexibility index (Phi) is 4.50. The molecule has 6 heteroatoms. The Morgan fingerprint density at radius 3 is 3.00 bits per heavy atom. The van der Waals surface area contributed by atoms with Gasteiger partial charge in [0.1, 0.15) is 0 Å². The molecule has 122 valence electrons. The van der Waals surface area contributed by atoms with E-state index in [0.717, 1.165) is 19.4 Å². The van der Waals surface area contributed by atoms with Crippen LogP contribution in [0.25, 0.3) is 0 Å². The van der Waals surface area contributed by atoms with Crippen molar-refractivity contribution in [2.75, 3.05) is 31.1 Å². The number of carbonyl (C=O) groups excluding carboxylic acids is 2. The van der Waals surface area contributed by atoms with Crippen LogP contribution in [0.15, 0.2) is 35.5 Å². The second kappa shape index (κ2) is 6.73. The Balaban J connectivity index is 1.87. The molecule has 0 aliphatic carbocycles. The van der Waals surface area contributed by atoms with Crippen LogP contribution in [0.1, 0.15) is 18.9 Å². The summed E-state index contributed by atoms with van der Waals surface area (Å²) < 4.78 is 5.10. The molecule has 23 heavy (non-hydrogen) atoms. The average Bonchev–Trinajstić information content (AvgIpc) is 2.55. The summed E-state index contributed by atoms with van der Waals surface area (Å²) in [6.07, 6.45) is 2.12. The van der Waals surface area contributed by atoms with E-state index in [0.29, 0.717) is 24.4 Å². The van der Waals surface area contributed by atoms with Gasteiger partial charge in [-0.1, -0.05) is 18.2 Å². The van der Waals surface area contributed by atoms with E-state index >= 15 is 0 Å². The first-order chi connectivity index (χ1) is 11.2. The zero-order valence-corrected chi connectivity index (χ0v) is 13.2. The molecule has 0 bridgehead atoms. The maximum absolute atomic E-state index is 12.1.